The van der Waals surface area contributed by atoms with E-state index in [2.05, 4.69) is 21.5 Å². The molecule has 1 aliphatic rings. The molecule has 0 unspecified atom stereocenters. The first-order chi connectivity index (χ1) is 11.3. The van der Waals surface area contributed by atoms with E-state index in [9.17, 15) is 13.6 Å². The Bertz CT molecular complexity index is 631. The topological polar surface area (TPSA) is 54.0 Å². The van der Waals surface area contributed by atoms with E-state index >= 15 is 0 Å². The van der Waals surface area contributed by atoms with Gasteiger partial charge < -0.3 is 10.6 Å². The lowest BCUT2D eigenvalue weighted by Gasteiger charge is -2.30. The maximum atomic E-state index is 13.3. The number of nitrogens with zero attached hydrogens (tertiary/aromatic N) is 1. The van der Waals surface area contributed by atoms with Gasteiger partial charge in [0.1, 0.15) is 5.82 Å². The number of carbonyl (C=O) groups excluding carboxylic acids is 1. The van der Waals surface area contributed by atoms with Crippen LogP contribution in [0.2, 0.25) is 0 Å². The van der Waals surface area contributed by atoms with E-state index < -0.39 is 11.5 Å². The van der Waals surface area contributed by atoms with Gasteiger partial charge in [-0.1, -0.05) is 12.8 Å². The minimum atomic E-state index is -2.59. The number of terminal acetylenes is 1. The van der Waals surface area contributed by atoms with Crippen molar-refractivity contribution in [3.05, 3.63) is 23.9 Å². The van der Waals surface area contributed by atoms with E-state index in [1.807, 2.05) is 6.92 Å². The Hall–Kier alpha value is -2.16. The molecule has 1 saturated carbocycles. The largest absolute Gasteiger partial charge is 0.367 e. The van der Waals surface area contributed by atoms with E-state index in [0.717, 1.165) is 0 Å². The molecule has 0 spiro atoms. The first kappa shape index (κ1) is 18.2. The lowest BCUT2D eigenvalue weighted by molar-refractivity contribution is -0.0361. The molecule has 0 aliphatic heterocycles. The predicted octanol–water partition coefficient (Wildman–Crippen LogP) is 3.60. The first-order valence-electron chi connectivity index (χ1n) is 8.18. The van der Waals surface area contributed by atoms with Gasteiger partial charge in [0, 0.05) is 25.1 Å². The Balaban J connectivity index is 2.10. The molecule has 24 heavy (non-hydrogen) atoms. The standard InChI is InChI=1S/C18H23F2N3O/c1-4-17(3,5-2)23-16(24)14-7-6-12-21-15(14)22-13-8-10-18(19,20)11-9-13/h1,6-7,12-13H,5,8-11H2,2-3H3,(H,21,22)(H,23,24)/t17-/m1/s1. The van der Waals surface area contributed by atoms with Gasteiger partial charge in [0.05, 0.1) is 11.1 Å². The maximum absolute atomic E-state index is 13.3. The summed E-state index contributed by atoms with van der Waals surface area (Å²) in [4.78, 5) is 16.7. The Morgan fingerprint density at radius 1 is 1.50 bits per heavy atom. The molecule has 2 N–H and O–H groups in total. The van der Waals surface area contributed by atoms with Gasteiger partial charge in [0.25, 0.3) is 5.91 Å². The second-order valence-electron chi connectivity index (χ2n) is 6.46. The maximum Gasteiger partial charge on any atom is 0.256 e. The fourth-order valence-electron chi connectivity index (χ4n) is 2.63. The van der Waals surface area contributed by atoms with Crippen LogP contribution >= 0.6 is 0 Å². The molecule has 2 rings (SSSR count). The molecule has 0 bridgehead atoms. The van der Waals surface area contributed by atoms with Crippen LogP contribution < -0.4 is 10.6 Å². The van der Waals surface area contributed by atoms with E-state index in [-0.39, 0.29) is 24.8 Å². The van der Waals surface area contributed by atoms with Crippen molar-refractivity contribution in [1.29, 1.82) is 0 Å². The molecule has 1 atom stereocenters. The third-order valence-electron chi connectivity index (χ3n) is 4.53. The number of nitrogens with one attached hydrogen (secondary N) is 2. The molecule has 4 nitrogen and oxygen atoms in total. The third kappa shape index (κ3) is 4.44. The van der Waals surface area contributed by atoms with Crippen molar-refractivity contribution in [3.63, 3.8) is 0 Å². The number of halogens is 2. The SMILES string of the molecule is C#C[C@](C)(CC)NC(=O)c1cccnc1NC1CCC(F)(F)CC1. The quantitative estimate of drug-likeness (QED) is 0.809. The van der Waals surface area contributed by atoms with E-state index in [0.29, 0.717) is 30.6 Å². The summed E-state index contributed by atoms with van der Waals surface area (Å²) < 4.78 is 26.5. The number of aromatic nitrogens is 1. The van der Waals surface area contributed by atoms with Crippen molar-refractivity contribution in [2.75, 3.05) is 5.32 Å². The summed E-state index contributed by atoms with van der Waals surface area (Å²) in [6, 6.07) is 3.19. The highest BCUT2D eigenvalue weighted by molar-refractivity contribution is 5.99. The highest BCUT2D eigenvalue weighted by Crippen LogP contribution is 2.34. The normalized spacial score (nSPS) is 19.8. The molecule has 1 aromatic rings. The summed E-state index contributed by atoms with van der Waals surface area (Å²) in [7, 11) is 0. The van der Waals surface area contributed by atoms with E-state index in [1.165, 1.54) is 0 Å². The molecule has 1 heterocycles. The van der Waals surface area contributed by atoms with Gasteiger partial charge in [-0.3, -0.25) is 4.79 Å². The van der Waals surface area contributed by atoms with Crippen molar-refractivity contribution >= 4 is 11.7 Å². The van der Waals surface area contributed by atoms with Crippen molar-refractivity contribution < 1.29 is 13.6 Å². The van der Waals surface area contributed by atoms with Crippen LogP contribution in [-0.4, -0.2) is 28.4 Å². The molecule has 1 fully saturated rings. The lowest BCUT2D eigenvalue weighted by Crippen LogP contribution is -2.44. The molecule has 130 valence electrons. The number of hydrogen-bond donors (Lipinski definition) is 2. The van der Waals surface area contributed by atoms with Crippen LogP contribution in [0.3, 0.4) is 0 Å². The monoisotopic (exact) mass is 335 g/mol. The number of hydrogen-bond acceptors (Lipinski definition) is 3. The highest BCUT2D eigenvalue weighted by Gasteiger charge is 2.35. The van der Waals surface area contributed by atoms with Gasteiger partial charge in [-0.25, -0.2) is 13.8 Å². The van der Waals surface area contributed by atoms with Crippen LogP contribution in [0.4, 0.5) is 14.6 Å². The van der Waals surface area contributed by atoms with Gasteiger partial charge in [-0.2, -0.15) is 0 Å². The number of amides is 1. The molecule has 6 heteroatoms. The third-order valence-corrected chi connectivity index (χ3v) is 4.53. The molecule has 0 aromatic carbocycles. The second-order valence-corrected chi connectivity index (χ2v) is 6.46. The molecule has 1 amide bonds. The summed E-state index contributed by atoms with van der Waals surface area (Å²) in [5, 5.41) is 5.96. The number of pyridine rings is 1. The highest BCUT2D eigenvalue weighted by atomic mass is 19.3. The van der Waals surface area contributed by atoms with Crippen molar-refractivity contribution in [2.45, 2.75) is 63.5 Å². The van der Waals surface area contributed by atoms with Crippen molar-refractivity contribution in [3.8, 4) is 12.3 Å². The smallest absolute Gasteiger partial charge is 0.256 e. The first-order valence-corrected chi connectivity index (χ1v) is 8.18. The second kappa shape index (κ2) is 7.16. The Morgan fingerprint density at radius 3 is 2.75 bits per heavy atom. The predicted molar refractivity (Wildman–Crippen MR) is 90.1 cm³/mol. The van der Waals surface area contributed by atoms with Gasteiger partial charge in [-0.15, -0.1) is 6.42 Å². The van der Waals surface area contributed by atoms with Crippen LogP contribution in [0, 0.1) is 12.3 Å². The lowest BCUT2D eigenvalue weighted by atomic mass is 9.92. The average Bonchev–Trinajstić information content (AvgIpc) is 2.57. The summed E-state index contributed by atoms with van der Waals surface area (Å²) in [5.74, 6) is 0.0759. The zero-order valence-corrected chi connectivity index (χ0v) is 14.0. The van der Waals surface area contributed by atoms with Crippen LogP contribution in [0.5, 0.6) is 0 Å². The minimum Gasteiger partial charge on any atom is -0.367 e. The summed E-state index contributed by atoms with van der Waals surface area (Å²) in [5.41, 5.74) is -0.373. The van der Waals surface area contributed by atoms with E-state index in [4.69, 9.17) is 6.42 Å². The Morgan fingerprint density at radius 2 is 2.17 bits per heavy atom. The van der Waals surface area contributed by atoms with Crippen molar-refractivity contribution in [2.24, 2.45) is 0 Å². The molecular formula is C18H23F2N3O. The van der Waals surface area contributed by atoms with E-state index in [1.54, 1.807) is 25.3 Å². The zero-order valence-electron chi connectivity index (χ0n) is 14.0. The van der Waals surface area contributed by atoms with Gasteiger partial charge in [0.2, 0.25) is 5.92 Å². The zero-order chi connectivity index (χ0) is 17.8. The number of anilines is 1. The van der Waals surface area contributed by atoms with Gasteiger partial charge >= 0.3 is 0 Å². The van der Waals surface area contributed by atoms with Crippen molar-refractivity contribution in [1.82, 2.24) is 10.3 Å². The molecule has 0 saturated heterocycles. The molecule has 1 aliphatic carbocycles. The van der Waals surface area contributed by atoms with Gasteiger partial charge in [0.15, 0.2) is 0 Å². The number of rotatable bonds is 5. The summed E-state index contributed by atoms with van der Waals surface area (Å²) in [6.07, 6.45) is 8.05. The fraction of sp³-hybridized carbons (Fsp3) is 0.556. The van der Waals surface area contributed by atoms with Crippen LogP contribution in [0.15, 0.2) is 18.3 Å². The minimum absolute atomic E-state index is 0.115. The fourth-order valence-corrected chi connectivity index (χ4v) is 2.63. The molecular weight excluding hydrogens is 312 g/mol. The van der Waals surface area contributed by atoms with Crippen LogP contribution in [0.25, 0.3) is 0 Å². The Kier molecular flexibility index (Phi) is 5.43. The average molecular weight is 335 g/mol. The number of alkyl halides is 2. The number of carbonyl (C=O) groups is 1. The van der Waals surface area contributed by atoms with Crippen LogP contribution in [0.1, 0.15) is 56.3 Å². The molecule has 0 radical (unpaired) electrons. The summed E-state index contributed by atoms with van der Waals surface area (Å²) >= 11 is 0. The van der Waals surface area contributed by atoms with Gasteiger partial charge in [-0.05, 0) is 38.3 Å². The van der Waals surface area contributed by atoms with Crippen LogP contribution in [-0.2, 0) is 0 Å². The Labute approximate surface area is 141 Å². The molecule has 1 aromatic heterocycles. The summed E-state index contributed by atoms with van der Waals surface area (Å²) in [6.45, 7) is 3.67.